The van der Waals surface area contributed by atoms with Crippen molar-refractivity contribution in [2.24, 2.45) is 0 Å². The van der Waals surface area contributed by atoms with Gasteiger partial charge in [0.05, 0.1) is 17.3 Å². The molecule has 2 aliphatic heterocycles. The van der Waals surface area contributed by atoms with Gasteiger partial charge in [0.25, 0.3) is 0 Å². The molecule has 0 spiro atoms. The van der Waals surface area contributed by atoms with Crippen molar-refractivity contribution in [2.45, 2.75) is 103 Å². The molecular weight excluding hydrogens is 303 g/mol. The second-order valence-corrected chi connectivity index (χ2v) is 7.98. The van der Waals surface area contributed by atoms with Crippen LogP contribution in [0, 0.1) is 0 Å². The molecule has 0 aliphatic carbocycles. The van der Waals surface area contributed by atoms with Crippen molar-refractivity contribution in [2.75, 3.05) is 6.61 Å². The van der Waals surface area contributed by atoms with Crippen LogP contribution in [-0.4, -0.2) is 37.3 Å². The highest BCUT2D eigenvalue weighted by Crippen LogP contribution is 2.37. The molecule has 2 saturated heterocycles. The summed E-state index contributed by atoms with van der Waals surface area (Å²) in [6.45, 7) is 11.3. The van der Waals surface area contributed by atoms with E-state index in [2.05, 4.69) is 40.7 Å². The Labute approximate surface area is 148 Å². The van der Waals surface area contributed by atoms with Crippen LogP contribution in [0.25, 0.3) is 0 Å². The predicted molar refractivity (Wildman–Crippen MR) is 97.8 cm³/mol. The summed E-state index contributed by atoms with van der Waals surface area (Å²) >= 11 is 0. The number of hydrogen-bond acceptors (Lipinski definition) is 4. The third kappa shape index (κ3) is 5.58. The first-order valence-corrected chi connectivity index (χ1v) is 9.65. The van der Waals surface area contributed by atoms with Crippen molar-refractivity contribution in [3.63, 3.8) is 0 Å². The molecule has 0 saturated carbocycles. The monoisotopic (exact) mass is 338 g/mol. The Hall–Kier alpha value is -0.355. The van der Waals surface area contributed by atoms with Crippen LogP contribution in [0.2, 0.25) is 0 Å². The Bertz CT molecular complexity index is 386. The van der Waals surface area contributed by atoms with Crippen LogP contribution in [0.15, 0.2) is 12.1 Å². The van der Waals surface area contributed by atoms with Crippen molar-refractivity contribution in [3.05, 3.63) is 12.1 Å². The number of ether oxygens (including phenoxy) is 2. The van der Waals surface area contributed by atoms with Gasteiger partial charge in [0, 0.05) is 6.61 Å². The summed E-state index contributed by atoms with van der Waals surface area (Å²) in [6, 6.07) is 0. The number of unbranched alkanes of at least 4 members (excludes halogenated alkanes) is 2. The van der Waals surface area contributed by atoms with E-state index in [9.17, 15) is 0 Å². The van der Waals surface area contributed by atoms with Crippen molar-refractivity contribution >= 4 is 7.12 Å². The summed E-state index contributed by atoms with van der Waals surface area (Å²) < 4.78 is 24.0. The highest BCUT2D eigenvalue weighted by molar-refractivity contribution is 6.51. The second-order valence-electron chi connectivity index (χ2n) is 7.98. The minimum Gasteiger partial charge on any atom is -0.400 e. The maximum atomic E-state index is 6.18. The average molecular weight is 338 g/mol. The quantitative estimate of drug-likeness (QED) is 0.476. The van der Waals surface area contributed by atoms with Gasteiger partial charge < -0.3 is 18.8 Å². The zero-order chi connectivity index (χ0) is 17.6. The van der Waals surface area contributed by atoms with Gasteiger partial charge in [0.2, 0.25) is 0 Å². The van der Waals surface area contributed by atoms with Crippen molar-refractivity contribution < 1.29 is 18.8 Å². The Morgan fingerprint density at radius 1 is 1.12 bits per heavy atom. The summed E-state index contributed by atoms with van der Waals surface area (Å²) in [5, 5.41) is 0. The normalized spacial score (nSPS) is 27.7. The van der Waals surface area contributed by atoms with E-state index in [0.717, 1.165) is 25.9 Å². The van der Waals surface area contributed by atoms with Gasteiger partial charge in [0.15, 0.2) is 6.29 Å². The van der Waals surface area contributed by atoms with Crippen molar-refractivity contribution in [1.82, 2.24) is 0 Å². The number of rotatable bonds is 8. The zero-order valence-electron chi connectivity index (χ0n) is 16.2. The molecule has 0 aromatic rings. The fraction of sp³-hybridized carbons (Fsp3) is 0.895. The Morgan fingerprint density at radius 3 is 2.42 bits per heavy atom. The topological polar surface area (TPSA) is 36.9 Å². The molecule has 0 radical (unpaired) electrons. The Morgan fingerprint density at radius 2 is 1.83 bits per heavy atom. The fourth-order valence-corrected chi connectivity index (χ4v) is 3.00. The first-order valence-electron chi connectivity index (χ1n) is 9.65. The molecule has 2 aliphatic rings. The van der Waals surface area contributed by atoms with Gasteiger partial charge in [-0.15, -0.1) is 0 Å². The third-order valence-corrected chi connectivity index (χ3v) is 5.31. The molecule has 2 atom stereocenters. The van der Waals surface area contributed by atoms with E-state index < -0.39 is 0 Å². The van der Waals surface area contributed by atoms with E-state index in [1.54, 1.807) is 0 Å². The molecule has 138 valence electrons. The first kappa shape index (κ1) is 20.0. The minimum absolute atomic E-state index is 0.0617. The first-order chi connectivity index (χ1) is 11.3. The molecule has 0 aromatic carbocycles. The van der Waals surface area contributed by atoms with Crippen LogP contribution in [0.4, 0.5) is 0 Å². The van der Waals surface area contributed by atoms with Gasteiger partial charge in [-0.3, -0.25) is 0 Å². The lowest BCUT2D eigenvalue weighted by atomic mass is 9.89. The molecule has 2 fully saturated rings. The van der Waals surface area contributed by atoms with Crippen LogP contribution < -0.4 is 0 Å². The highest BCUT2D eigenvalue weighted by Gasteiger charge is 2.50. The molecule has 4 nitrogen and oxygen atoms in total. The number of hydrogen-bond donors (Lipinski definition) is 0. The molecular formula is C19H35BO4. The molecule has 5 heteroatoms. The highest BCUT2D eigenvalue weighted by atomic mass is 16.7. The third-order valence-electron chi connectivity index (χ3n) is 5.31. The van der Waals surface area contributed by atoms with Crippen LogP contribution in [-0.2, 0) is 18.8 Å². The summed E-state index contributed by atoms with van der Waals surface area (Å²) in [6.07, 6.45) is 10.1. The van der Waals surface area contributed by atoms with E-state index in [1.807, 2.05) is 5.98 Å². The lowest BCUT2D eigenvalue weighted by Crippen LogP contribution is -2.41. The van der Waals surface area contributed by atoms with Crippen LogP contribution in [0.1, 0.15) is 79.6 Å². The lowest BCUT2D eigenvalue weighted by Gasteiger charge is -2.32. The summed E-state index contributed by atoms with van der Waals surface area (Å²) in [7, 11) is -0.306. The van der Waals surface area contributed by atoms with Gasteiger partial charge >= 0.3 is 7.12 Å². The smallest absolute Gasteiger partial charge is 0.400 e. The van der Waals surface area contributed by atoms with Crippen molar-refractivity contribution in [3.8, 4) is 0 Å². The van der Waals surface area contributed by atoms with E-state index >= 15 is 0 Å². The van der Waals surface area contributed by atoms with E-state index in [1.165, 1.54) is 25.7 Å². The van der Waals surface area contributed by atoms with Crippen LogP contribution in [0.3, 0.4) is 0 Å². The molecule has 0 aromatic heterocycles. The Kier molecular flexibility index (Phi) is 7.35. The zero-order valence-corrected chi connectivity index (χ0v) is 16.2. The second kappa shape index (κ2) is 8.84. The molecule has 0 N–H and O–H groups in total. The Balaban J connectivity index is 1.91. The molecule has 2 heterocycles. The molecule has 2 unspecified atom stereocenters. The van der Waals surface area contributed by atoms with E-state index in [-0.39, 0.29) is 30.7 Å². The standard InChI is InChI=1S/C19H35BO4/c1-6-7-8-11-16(22-17-12-9-10-15-21-17)13-14-20-23-18(2,3)19(4,5)24-20/h13-14,16-17H,6-12,15H2,1-5H3. The van der Waals surface area contributed by atoms with E-state index in [4.69, 9.17) is 18.8 Å². The van der Waals surface area contributed by atoms with Gasteiger partial charge in [-0.2, -0.15) is 0 Å². The lowest BCUT2D eigenvalue weighted by molar-refractivity contribution is -0.179. The van der Waals surface area contributed by atoms with Crippen molar-refractivity contribution in [1.29, 1.82) is 0 Å². The van der Waals surface area contributed by atoms with Crippen LogP contribution >= 0.6 is 0 Å². The largest absolute Gasteiger partial charge is 0.486 e. The minimum atomic E-state index is -0.306. The predicted octanol–water partition coefficient (Wildman–Crippen LogP) is 4.67. The van der Waals surface area contributed by atoms with E-state index in [0.29, 0.717) is 0 Å². The van der Waals surface area contributed by atoms with Crippen LogP contribution in [0.5, 0.6) is 0 Å². The SMILES string of the molecule is CCCCCC(C=CB1OC(C)(C)C(C)(C)O1)OC1CCCCO1. The van der Waals surface area contributed by atoms with Gasteiger partial charge in [-0.25, -0.2) is 0 Å². The molecule has 0 bridgehead atoms. The molecule has 0 amide bonds. The maximum Gasteiger partial charge on any atom is 0.486 e. The summed E-state index contributed by atoms with van der Waals surface area (Å²) in [4.78, 5) is 0. The molecule has 2 rings (SSSR count). The fourth-order valence-electron chi connectivity index (χ4n) is 3.00. The molecule has 24 heavy (non-hydrogen) atoms. The van der Waals surface area contributed by atoms with Gasteiger partial charge in [-0.05, 0) is 53.4 Å². The maximum absolute atomic E-state index is 6.18. The van der Waals surface area contributed by atoms with Gasteiger partial charge in [0.1, 0.15) is 0 Å². The summed E-state index contributed by atoms with van der Waals surface area (Å²) in [5.74, 6) is 2.01. The van der Waals surface area contributed by atoms with Gasteiger partial charge in [-0.1, -0.05) is 38.2 Å². The summed E-state index contributed by atoms with van der Waals surface area (Å²) in [5.41, 5.74) is -0.597. The average Bonchev–Trinajstić information content (AvgIpc) is 2.73.